The summed E-state index contributed by atoms with van der Waals surface area (Å²) >= 11 is 5.08. The fraction of sp³-hybridized carbons (Fsp3) is 0.238. The highest BCUT2D eigenvalue weighted by Gasteiger charge is 2.12. The number of rotatable bonds is 5. The third kappa shape index (κ3) is 4.54. The Morgan fingerprint density at radius 1 is 1.21 bits per heavy atom. The van der Waals surface area contributed by atoms with Crippen molar-refractivity contribution in [2.45, 2.75) is 26.8 Å². The molecule has 7 heteroatoms. The fourth-order valence-electron chi connectivity index (χ4n) is 2.70. The highest BCUT2D eigenvalue weighted by molar-refractivity contribution is 9.10. The lowest BCUT2D eigenvalue weighted by molar-refractivity contribution is 0.407. The quantitative estimate of drug-likeness (QED) is 0.527. The van der Waals surface area contributed by atoms with Gasteiger partial charge in [-0.3, -0.25) is 4.99 Å². The highest BCUT2D eigenvalue weighted by atomic mass is 79.9. The van der Waals surface area contributed by atoms with E-state index in [4.69, 9.17) is 14.8 Å². The molecule has 2 aromatic carbocycles. The largest absolute Gasteiger partial charge is 0.507 e. The van der Waals surface area contributed by atoms with Crippen LogP contribution in [0.25, 0.3) is 11.3 Å². The number of hydrogen-bond acceptors (Lipinski definition) is 5. The minimum absolute atomic E-state index is 0.128. The zero-order chi connectivity index (χ0) is 20.3. The normalized spacial score (nSPS) is 12.6. The Labute approximate surface area is 176 Å². The van der Waals surface area contributed by atoms with Gasteiger partial charge in [0.05, 0.1) is 18.5 Å². The average molecular weight is 460 g/mol. The molecule has 1 aromatic heterocycles. The first-order chi connectivity index (χ1) is 13.4. The molecule has 0 amide bonds. The Bertz CT molecular complexity index is 1080. The van der Waals surface area contributed by atoms with Crippen LogP contribution in [0, 0.1) is 0 Å². The molecule has 0 saturated heterocycles. The van der Waals surface area contributed by atoms with Crippen molar-refractivity contribution in [1.82, 2.24) is 4.68 Å². The van der Waals surface area contributed by atoms with Crippen LogP contribution in [0.15, 0.2) is 62.4 Å². The summed E-state index contributed by atoms with van der Waals surface area (Å²) < 4.78 is 8.00. The minimum Gasteiger partial charge on any atom is -0.507 e. The van der Waals surface area contributed by atoms with E-state index in [1.807, 2.05) is 55.1 Å². The van der Waals surface area contributed by atoms with Crippen LogP contribution >= 0.6 is 27.3 Å². The summed E-state index contributed by atoms with van der Waals surface area (Å²) in [7, 11) is 1.57. The van der Waals surface area contributed by atoms with Gasteiger partial charge in [0.25, 0.3) is 0 Å². The Morgan fingerprint density at radius 3 is 2.64 bits per heavy atom. The highest BCUT2D eigenvalue weighted by Crippen LogP contribution is 2.26. The molecule has 5 nitrogen and oxygen atoms in total. The van der Waals surface area contributed by atoms with Crippen molar-refractivity contribution in [3.63, 3.8) is 0 Å². The molecule has 0 bridgehead atoms. The minimum atomic E-state index is 0.128. The third-order valence-corrected chi connectivity index (χ3v) is 5.34. The van der Waals surface area contributed by atoms with Gasteiger partial charge in [0.1, 0.15) is 11.5 Å². The molecule has 1 N–H and O–H groups in total. The zero-order valence-electron chi connectivity index (χ0n) is 16.2. The molecular formula is C21H22BrN3O2S. The van der Waals surface area contributed by atoms with Crippen LogP contribution in [-0.4, -0.2) is 28.6 Å². The van der Waals surface area contributed by atoms with Crippen molar-refractivity contribution in [1.29, 1.82) is 0 Å². The summed E-state index contributed by atoms with van der Waals surface area (Å²) in [5, 5.41) is 17.2. The number of benzene rings is 2. The first-order valence-electron chi connectivity index (χ1n) is 8.82. The SMILES string of the molecule is COc1ccc(C(C)=Nn2c(-c3cccc(Br)c3)csc2=NC(C)C)c(O)c1. The smallest absolute Gasteiger partial charge is 0.206 e. The van der Waals surface area contributed by atoms with Gasteiger partial charge >= 0.3 is 0 Å². The van der Waals surface area contributed by atoms with Crippen LogP contribution in [0.2, 0.25) is 0 Å². The van der Waals surface area contributed by atoms with Crippen molar-refractivity contribution in [3.8, 4) is 22.8 Å². The Balaban J connectivity index is 2.16. The first kappa shape index (κ1) is 20.4. The van der Waals surface area contributed by atoms with E-state index in [1.165, 1.54) is 0 Å². The van der Waals surface area contributed by atoms with Gasteiger partial charge in [-0.05, 0) is 45.0 Å². The van der Waals surface area contributed by atoms with Crippen molar-refractivity contribution >= 4 is 33.0 Å². The van der Waals surface area contributed by atoms with Crippen LogP contribution in [0.3, 0.4) is 0 Å². The monoisotopic (exact) mass is 459 g/mol. The molecule has 0 spiro atoms. The number of halogens is 1. The summed E-state index contributed by atoms with van der Waals surface area (Å²) in [6.07, 6.45) is 0. The zero-order valence-corrected chi connectivity index (χ0v) is 18.6. The van der Waals surface area contributed by atoms with Crippen molar-refractivity contribution in [3.05, 3.63) is 62.7 Å². The number of ether oxygens (including phenoxy) is 1. The molecule has 146 valence electrons. The molecule has 0 aliphatic carbocycles. The van der Waals surface area contributed by atoms with Crippen LogP contribution in [0.1, 0.15) is 26.3 Å². The van der Waals surface area contributed by atoms with Gasteiger partial charge in [-0.15, -0.1) is 11.3 Å². The molecular weight excluding hydrogens is 438 g/mol. The Kier molecular flexibility index (Phi) is 6.36. The lowest BCUT2D eigenvalue weighted by Crippen LogP contribution is -2.16. The van der Waals surface area contributed by atoms with Gasteiger partial charge in [0, 0.05) is 33.1 Å². The third-order valence-electron chi connectivity index (χ3n) is 4.02. The van der Waals surface area contributed by atoms with Gasteiger partial charge in [0.2, 0.25) is 4.80 Å². The molecule has 0 aliphatic rings. The average Bonchev–Trinajstić information content (AvgIpc) is 3.03. The van der Waals surface area contributed by atoms with E-state index < -0.39 is 0 Å². The van der Waals surface area contributed by atoms with Gasteiger partial charge < -0.3 is 9.84 Å². The maximum atomic E-state index is 10.4. The molecule has 0 saturated carbocycles. The lowest BCUT2D eigenvalue weighted by Gasteiger charge is -2.09. The molecule has 3 aromatic rings. The van der Waals surface area contributed by atoms with Crippen molar-refractivity contribution < 1.29 is 9.84 Å². The summed E-state index contributed by atoms with van der Waals surface area (Å²) in [5.74, 6) is 0.727. The van der Waals surface area contributed by atoms with E-state index in [1.54, 1.807) is 36.6 Å². The molecule has 0 fully saturated rings. The molecule has 0 aliphatic heterocycles. The summed E-state index contributed by atoms with van der Waals surface area (Å²) in [6.45, 7) is 5.94. The molecule has 0 radical (unpaired) electrons. The number of phenolic OH excluding ortho intramolecular Hbond substituents is 1. The number of phenols is 1. The molecule has 1 heterocycles. The lowest BCUT2D eigenvalue weighted by atomic mass is 10.1. The predicted octanol–water partition coefficient (Wildman–Crippen LogP) is 5.27. The maximum Gasteiger partial charge on any atom is 0.206 e. The van der Waals surface area contributed by atoms with Crippen LogP contribution in [0.5, 0.6) is 11.5 Å². The van der Waals surface area contributed by atoms with E-state index in [9.17, 15) is 5.11 Å². The fourth-order valence-corrected chi connectivity index (χ4v) is 4.06. The van der Waals surface area contributed by atoms with Crippen molar-refractivity contribution in [2.75, 3.05) is 7.11 Å². The van der Waals surface area contributed by atoms with E-state index in [-0.39, 0.29) is 11.8 Å². The number of aromatic hydroxyl groups is 1. The molecule has 0 atom stereocenters. The van der Waals surface area contributed by atoms with Gasteiger partial charge in [-0.25, -0.2) is 4.68 Å². The number of nitrogens with zero attached hydrogens (tertiary/aromatic N) is 3. The van der Waals surface area contributed by atoms with Gasteiger partial charge in [-0.1, -0.05) is 28.1 Å². The number of thiazole rings is 1. The Morgan fingerprint density at radius 2 is 2.00 bits per heavy atom. The van der Waals surface area contributed by atoms with E-state index in [2.05, 4.69) is 15.9 Å². The molecule has 0 unspecified atom stereocenters. The second kappa shape index (κ2) is 8.75. The van der Waals surface area contributed by atoms with E-state index in [0.717, 1.165) is 20.5 Å². The summed E-state index contributed by atoms with van der Waals surface area (Å²) in [4.78, 5) is 5.51. The van der Waals surface area contributed by atoms with Crippen molar-refractivity contribution in [2.24, 2.45) is 10.1 Å². The topological polar surface area (TPSA) is 59.1 Å². The van der Waals surface area contributed by atoms with Gasteiger partial charge in [-0.2, -0.15) is 5.10 Å². The number of aromatic nitrogens is 1. The summed E-state index contributed by atoms with van der Waals surface area (Å²) in [5.41, 5.74) is 3.31. The standard InChI is InChI=1S/C21H22BrN3O2S/c1-13(2)23-21-25(19(12-28-21)15-6-5-7-16(22)10-15)24-14(3)18-9-8-17(27-4)11-20(18)26/h5-13,26H,1-4H3. The second-order valence-corrected chi connectivity index (χ2v) is 8.27. The van der Waals surface area contributed by atoms with Crippen LogP contribution in [0.4, 0.5) is 0 Å². The number of methoxy groups -OCH3 is 1. The van der Waals surface area contributed by atoms with Gasteiger partial charge in [0.15, 0.2) is 0 Å². The predicted molar refractivity (Wildman–Crippen MR) is 118 cm³/mol. The van der Waals surface area contributed by atoms with E-state index >= 15 is 0 Å². The van der Waals surface area contributed by atoms with E-state index in [0.29, 0.717) is 17.0 Å². The molecule has 28 heavy (non-hydrogen) atoms. The second-order valence-electron chi connectivity index (χ2n) is 6.52. The Hall–Kier alpha value is -2.38. The maximum absolute atomic E-state index is 10.4. The van der Waals surface area contributed by atoms with Crippen LogP contribution < -0.4 is 9.54 Å². The first-order valence-corrected chi connectivity index (χ1v) is 10.5. The summed E-state index contributed by atoms with van der Waals surface area (Å²) in [6, 6.07) is 13.4. The van der Waals surface area contributed by atoms with Crippen LogP contribution in [-0.2, 0) is 0 Å². The number of hydrogen-bond donors (Lipinski definition) is 1. The molecule has 3 rings (SSSR count).